The summed E-state index contributed by atoms with van der Waals surface area (Å²) in [5.41, 5.74) is 1.03. The van der Waals surface area contributed by atoms with Crippen LogP contribution < -0.4 is 0 Å². The van der Waals surface area contributed by atoms with Crippen LogP contribution in [0.25, 0.3) is 0 Å². The summed E-state index contributed by atoms with van der Waals surface area (Å²) in [6.07, 6.45) is 3.37. The third-order valence-corrected chi connectivity index (χ3v) is 6.94. The number of hydrogen-bond donors (Lipinski definition) is 0. The number of carbonyl (C=O) groups is 2. The van der Waals surface area contributed by atoms with Crippen molar-refractivity contribution in [2.45, 2.75) is 58.0 Å². The highest BCUT2D eigenvalue weighted by Crippen LogP contribution is 2.43. The molecule has 3 heteroatoms. The summed E-state index contributed by atoms with van der Waals surface area (Å²) in [6, 6.07) is 17.0. The zero-order chi connectivity index (χ0) is 20.6. The lowest BCUT2D eigenvalue weighted by molar-refractivity contribution is -0.160. The topological polar surface area (TPSA) is 43.4 Å². The predicted octanol–water partition coefficient (Wildman–Crippen LogP) is 5.37. The van der Waals surface area contributed by atoms with Gasteiger partial charge < -0.3 is 4.74 Å². The third-order valence-electron chi connectivity index (χ3n) is 6.94. The van der Waals surface area contributed by atoms with Crippen molar-refractivity contribution in [1.82, 2.24) is 0 Å². The molecule has 0 aromatic heterocycles. The fraction of sp³-hybridized carbons (Fsp3) is 0.462. The molecule has 2 aromatic carbocycles. The molecule has 1 saturated carbocycles. The Bertz CT molecular complexity index is 901. The number of rotatable bonds is 4. The maximum Gasteiger partial charge on any atom is 0.325 e. The first-order chi connectivity index (χ1) is 13.9. The second-order valence-corrected chi connectivity index (χ2v) is 9.20. The van der Waals surface area contributed by atoms with Crippen LogP contribution in [-0.4, -0.2) is 17.9 Å². The normalized spacial score (nSPS) is 29.0. The van der Waals surface area contributed by atoms with Crippen molar-refractivity contribution in [3.05, 3.63) is 71.3 Å². The summed E-state index contributed by atoms with van der Waals surface area (Å²) in [5.74, 6) is 0.821. The number of benzene rings is 2. The van der Waals surface area contributed by atoms with E-state index in [9.17, 15) is 9.59 Å². The van der Waals surface area contributed by atoms with Crippen LogP contribution >= 0.6 is 0 Å². The van der Waals surface area contributed by atoms with E-state index in [1.54, 1.807) is 0 Å². The maximum atomic E-state index is 13.7. The van der Waals surface area contributed by atoms with Crippen LogP contribution in [0, 0.1) is 17.8 Å². The van der Waals surface area contributed by atoms with Gasteiger partial charge in [-0.3, -0.25) is 9.59 Å². The minimum atomic E-state index is -1.27. The second-order valence-electron chi connectivity index (χ2n) is 9.20. The van der Waals surface area contributed by atoms with Crippen LogP contribution in [0.3, 0.4) is 0 Å². The second kappa shape index (κ2) is 7.78. The molecule has 1 fully saturated rings. The zero-order valence-electron chi connectivity index (χ0n) is 17.6. The highest BCUT2D eigenvalue weighted by atomic mass is 16.5. The fourth-order valence-corrected chi connectivity index (χ4v) is 5.22. The van der Waals surface area contributed by atoms with Gasteiger partial charge in [0.25, 0.3) is 0 Å². The van der Waals surface area contributed by atoms with Crippen LogP contribution in [0.1, 0.15) is 61.5 Å². The number of esters is 1. The fourth-order valence-electron chi connectivity index (χ4n) is 5.22. The van der Waals surface area contributed by atoms with E-state index in [-0.39, 0.29) is 17.9 Å². The van der Waals surface area contributed by atoms with Crippen LogP contribution in [0.15, 0.2) is 54.6 Å². The lowest BCUT2D eigenvalue weighted by Crippen LogP contribution is -2.47. The lowest BCUT2D eigenvalue weighted by atomic mass is 9.74. The van der Waals surface area contributed by atoms with Crippen molar-refractivity contribution >= 4 is 11.8 Å². The first-order valence-electron chi connectivity index (χ1n) is 10.8. The van der Waals surface area contributed by atoms with Crippen molar-refractivity contribution in [3.63, 3.8) is 0 Å². The van der Waals surface area contributed by atoms with Gasteiger partial charge in [-0.25, -0.2) is 0 Å². The molecule has 0 N–H and O–H groups in total. The molecule has 0 bridgehead atoms. The van der Waals surface area contributed by atoms with Gasteiger partial charge >= 0.3 is 5.97 Å². The quantitative estimate of drug-likeness (QED) is 0.521. The van der Waals surface area contributed by atoms with E-state index in [1.807, 2.05) is 54.6 Å². The van der Waals surface area contributed by atoms with Crippen LogP contribution in [0.5, 0.6) is 0 Å². The molecule has 3 nitrogen and oxygen atoms in total. The molecular formula is C26H30O3. The Morgan fingerprint density at radius 3 is 2.41 bits per heavy atom. The maximum absolute atomic E-state index is 13.7. The van der Waals surface area contributed by atoms with Gasteiger partial charge in [-0.05, 0) is 41.7 Å². The molecule has 152 valence electrons. The van der Waals surface area contributed by atoms with E-state index in [2.05, 4.69) is 20.8 Å². The van der Waals surface area contributed by atoms with Gasteiger partial charge in [-0.15, -0.1) is 0 Å². The molecule has 0 amide bonds. The van der Waals surface area contributed by atoms with Gasteiger partial charge in [0.05, 0.1) is 0 Å². The Balaban J connectivity index is 1.72. The number of fused-ring (bicyclic) bond motifs is 1. The zero-order valence-corrected chi connectivity index (χ0v) is 17.6. The molecule has 0 unspecified atom stereocenters. The van der Waals surface area contributed by atoms with Crippen molar-refractivity contribution in [2.75, 3.05) is 0 Å². The van der Waals surface area contributed by atoms with Gasteiger partial charge in [0.1, 0.15) is 6.10 Å². The number of Topliss-reactive ketones (excluding diaryl/α,β-unsaturated/α-hetero) is 1. The largest absolute Gasteiger partial charge is 0.461 e. The Kier molecular flexibility index (Phi) is 5.33. The monoisotopic (exact) mass is 390 g/mol. The standard InChI is InChI=1S/C26H30O3/c1-17(2)21-14-13-18(3)15-23(21)29-25(28)26(20-10-5-4-6-11-20)16-19-9-7-8-12-22(19)24(26)27/h4-12,17-18,21,23H,13-16H2,1-3H3/t18-,21+,23-,26-/m1/s1. The number of ether oxygens (including phenoxy) is 1. The minimum Gasteiger partial charge on any atom is -0.461 e. The lowest BCUT2D eigenvalue weighted by Gasteiger charge is -2.38. The highest BCUT2D eigenvalue weighted by Gasteiger charge is 2.54. The summed E-state index contributed by atoms with van der Waals surface area (Å²) in [7, 11) is 0. The van der Waals surface area contributed by atoms with Gasteiger partial charge in [0.2, 0.25) is 0 Å². The smallest absolute Gasteiger partial charge is 0.325 e. The van der Waals surface area contributed by atoms with Gasteiger partial charge in [0.15, 0.2) is 11.2 Å². The van der Waals surface area contributed by atoms with Crippen molar-refractivity contribution in [1.29, 1.82) is 0 Å². The van der Waals surface area contributed by atoms with E-state index in [1.165, 1.54) is 6.42 Å². The molecule has 0 heterocycles. The molecule has 0 radical (unpaired) electrons. The Labute approximate surface area is 173 Å². The Morgan fingerprint density at radius 2 is 1.72 bits per heavy atom. The summed E-state index contributed by atoms with van der Waals surface area (Å²) < 4.78 is 6.22. The summed E-state index contributed by atoms with van der Waals surface area (Å²) >= 11 is 0. The molecule has 2 aliphatic carbocycles. The molecule has 4 rings (SSSR count). The van der Waals surface area contributed by atoms with Crippen LogP contribution in [-0.2, 0) is 21.4 Å². The molecular weight excluding hydrogens is 360 g/mol. The van der Waals surface area contributed by atoms with E-state index in [0.717, 1.165) is 24.0 Å². The van der Waals surface area contributed by atoms with E-state index < -0.39 is 5.41 Å². The minimum absolute atomic E-state index is 0.122. The van der Waals surface area contributed by atoms with E-state index >= 15 is 0 Å². The average Bonchev–Trinajstić information content (AvgIpc) is 3.02. The molecule has 2 aliphatic rings. The molecule has 0 aliphatic heterocycles. The van der Waals surface area contributed by atoms with E-state index in [4.69, 9.17) is 4.74 Å². The van der Waals surface area contributed by atoms with Crippen molar-refractivity contribution in [2.24, 2.45) is 17.8 Å². The van der Waals surface area contributed by atoms with Crippen LogP contribution in [0.4, 0.5) is 0 Å². The number of hydrogen-bond acceptors (Lipinski definition) is 3. The first kappa shape index (κ1) is 19.9. The summed E-state index contributed by atoms with van der Waals surface area (Å²) in [6.45, 7) is 6.62. The van der Waals surface area contributed by atoms with Gasteiger partial charge in [0, 0.05) is 12.0 Å². The summed E-state index contributed by atoms with van der Waals surface area (Å²) in [4.78, 5) is 27.3. The average molecular weight is 391 g/mol. The van der Waals surface area contributed by atoms with Gasteiger partial charge in [-0.2, -0.15) is 0 Å². The molecule has 0 spiro atoms. The highest BCUT2D eigenvalue weighted by molar-refractivity contribution is 6.20. The number of ketones is 1. The van der Waals surface area contributed by atoms with Crippen molar-refractivity contribution in [3.8, 4) is 0 Å². The van der Waals surface area contributed by atoms with Crippen LogP contribution in [0.2, 0.25) is 0 Å². The predicted molar refractivity (Wildman–Crippen MR) is 114 cm³/mol. The molecule has 29 heavy (non-hydrogen) atoms. The Morgan fingerprint density at radius 1 is 1.03 bits per heavy atom. The summed E-state index contributed by atoms with van der Waals surface area (Å²) in [5, 5.41) is 0. The van der Waals surface area contributed by atoms with Gasteiger partial charge in [-0.1, -0.05) is 81.8 Å². The first-order valence-corrected chi connectivity index (χ1v) is 10.8. The SMILES string of the molecule is CC(C)[C@@H]1CC[C@@H](C)C[C@H]1OC(=O)[C@@]1(c2ccccc2)Cc2ccccc2C1=O. The Hall–Kier alpha value is -2.42. The molecule has 0 saturated heterocycles. The van der Waals surface area contributed by atoms with E-state index in [0.29, 0.717) is 29.7 Å². The molecule has 2 aromatic rings. The number of carbonyl (C=O) groups excluding carboxylic acids is 2. The third kappa shape index (κ3) is 3.41. The molecule has 4 atom stereocenters. The van der Waals surface area contributed by atoms with Crippen molar-refractivity contribution < 1.29 is 14.3 Å².